The Balaban J connectivity index is 2.78. The summed E-state index contributed by atoms with van der Waals surface area (Å²) in [6.07, 6.45) is 0. The molecular formula is C8H9N3O3S. The van der Waals surface area contributed by atoms with E-state index in [-0.39, 0.29) is 11.1 Å². The molecule has 0 aliphatic carbocycles. The lowest BCUT2D eigenvalue weighted by Crippen LogP contribution is -2.16. The van der Waals surface area contributed by atoms with Gasteiger partial charge in [0.2, 0.25) is 5.13 Å². The van der Waals surface area contributed by atoms with Gasteiger partial charge in [0.1, 0.15) is 5.51 Å². The second kappa shape index (κ2) is 4.65. The fraction of sp³-hybridized carbons (Fsp3) is 0.250. The number of carbonyl (C=O) groups is 2. The zero-order chi connectivity index (χ0) is 11.4. The monoisotopic (exact) mass is 227 g/mol. The van der Waals surface area contributed by atoms with Crippen LogP contribution in [0.3, 0.4) is 0 Å². The first-order valence-corrected chi connectivity index (χ1v) is 4.88. The largest absolute Gasteiger partial charge is 0.478 e. The molecule has 0 spiro atoms. The Bertz CT molecular complexity index is 411. The molecule has 0 bridgehead atoms. The van der Waals surface area contributed by atoms with Gasteiger partial charge in [-0.25, -0.2) is 4.79 Å². The topological polar surface area (TPSA) is 92.2 Å². The molecule has 1 heterocycles. The molecule has 0 saturated carbocycles. The summed E-state index contributed by atoms with van der Waals surface area (Å²) in [5.74, 6) is -1.59. The molecule has 0 fully saturated rings. The third kappa shape index (κ3) is 2.84. The number of hydrogen-bond donors (Lipinski definition) is 2. The summed E-state index contributed by atoms with van der Waals surface area (Å²) in [5, 5.41) is 18.6. The summed E-state index contributed by atoms with van der Waals surface area (Å²) in [5.41, 5.74) is 1.63. The van der Waals surface area contributed by atoms with Gasteiger partial charge in [-0.1, -0.05) is 11.3 Å². The normalized spacial score (nSPS) is 11.9. The fourth-order valence-corrected chi connectivity index (χ4v) is 1.19. The molecule has 0 unspecified atom stereocenters. The van der Waals surface area contributed by atoms with Crippen molar-refractivity contribution in [3.8, 4) is 0 Å². The minimum absolute atomic E-state index is 0.0111. The van der Waals surface area contributed by atoms with E-state index in [0.717, 1.165) is 11.3 Å². The number of aliphatic carboxylic acids is 1. The number of anilines is 1. The van der Waals surface area contributed by atoms with Crippen LogP contribution < -0.4 is 5.32 Å². The third-order valence-corrected chi connectivity index (χ3v) is 2.41. The van der Waals surface area contributed by atoms with Crippen LogP contribution in [-0.4, -0.2) is 27.2 Å². The Kier molecular flexibility index (Phi) is 3.51. The maximum absolute atomic E-state index is 11.5. The Labute approximate surface area is 89.6 Å². The van der Waals surface area contributed by atoms with Crippen LogP contribution in [-0.2, 0) is 9.59 Å². The summed E-state index contributed by atoms with van der Waals surface area (Å²) >= 11 is 1.16. The number of nitrogens with one attached hydrogen (secondary N) is 1. The molecule has 1 rings (SSSR count). The predicted molar refractivity (Wildman–Crippen MR) is 54.5 cm³/mol. The van der Waals surface area contributed by atoms with Gasteiger partial charge >= 0.3 is 5.97 Å². The number of hydrogen-bond acceptors (Lipinski definition) is 5. The van der Waals surface area contributed by atoms with E-state index in [4.69, 9.17) is 5.11 Å². The van der Waals surface area contributed by atoms with E-state index in [1.54, 1.807) is 0 Å². The van der Waals surface area contributed by atoms with Crippen LogP contribution in [0.15, 0.2) is 16.7 Å². The van der Waals surface area contributed by atoms with Gasteiger partial charge in [0.25, 0.3) is 5.91 Å². The Hall–Kier alpha value is -1.76. The van der Waals surface area contributed by atoms with E-state index >= 15 is 0 Å². The summed E-state index contributed by atoms with van der Waals surface area (Å²) in [7, 11) is 0. The summed E-state index contributed by atoms with van der Waals surface area (Å²) in [4.78, 5) is 22.0. The van der Waals surface area contributed by atoms with Crippen molar-refractivity contribution in [3.05, 3.63) is 16.7 Å². The van der Waals surface area contributed by atoms with Gasteiger partial charge in [0.15, 0.2) is 0 Å². The second-order valence-corrected chi connectivity index (χ2v) is 3.59. The molecule has 80 valence electrons. The lowest BCUT2D eigenvalue weighted by atomic mass is 10.1. The molecule has 1 aromatic rings. The van der Waals surface area contributed by atoms with Crippen molar-refractivity contribution < 1.29 is 14.7 Å². The van der Waals surface area contributed by atoms with Gasteiger partial charge in [0, 0.05) is 11.1 Å². The predicted octanol–water partition coefficient (Wildman–Crippen LogP) is 0.898. The summed E-state index contributed by atoms with van der Waals surface area (Å²) in [6, 6.07) is 0. The van der Waals surface area contributed by atoms with E-state index in [0.29, 0.717) is 5.13 Å². The number of amides is 1. The van der Waals surface area contributed by atoms with E-state index < -0.39 is 11.9 Å². The maximum Gasteiger partial charge on any atom is 0.331 e. The van der Waals surface area contributed by atoms with E-state index in [9.17, 15) is 9.59 Å². The van der Waals surface area contributed by atoms with Crippen molar-refractivity contribution in [3.63, 3.8) is 0 Å². The molecule has 1 aromatic heterocycles. The maximum atomic E-state index is 11.5. The van der Waals surface area contributed by atoms with Crippen LogP contribution in [0.1, 0.15) is 13.8 Å². The molecule has 2 N–H and O–H groups in total. The molecule has 7 heteroatoms. The molecule has 0 aliphatic rings. The highest BCUT2D eigenvalue weighted by Gasteiger charge is 2.13. The first-order chi connectivity index (χ1) is 7.02. The lowest BCUT2D eigenvalue weighted by molar-refractivity contribution is -0.133. The van der Waals surface area contributed by atoms with Crippen LogP contribution in [0.5, 0.6) is 0 Å². The standard InChI is InChI=1S/C8H9N3O3S/c1-4(5(2)7(13)14)6(12)10-8-11-9-3-15-8/h3H,1-2H3,(H,13,14)(H,10,11,12)/b5-4+. The van der Waals surface area contributed by atoms with Crippen molar-refractivity contribution >= 4 is 28.3 Å². The van der Waals surface area contributed by atoms with Crippen LogP contribution in [0, 0.1) is 0 Å². The molecular weight excluding hydrogens is 218 g/mol. The molecule has 0 aliphatic heterocycles. The van der Waals surface area contributed by atoms with E-state index in [1.165, 1.54) is 19.4 Å². The van der Waals surface area contributed by atoms with E-state index in [1.807, 2.05) is 0 Å². The highest BCUT2D eigenvalue weighted by Crippen LogP contribution is 2.11. The lowest BCUT2D eigenvalue weighted by Gasteiger charge is -2.02. The zero-order valence-electron chi connectivity index (χ0n) is 8.14. The SMILES string of the molecule is C/C(C(=O)O)=C(/C)C(=O)Nc1nncs1. The number of carbonyl (C=O) groups excluding carboxylic acids is 1. The van der Waals surface area contributed by atoms with Crippen molar-refractivity contribution in [1.29, 1.82) is 0 Å². The number of aromatic nitrogens is 2. The van der Waals surface area contributed by atoms with Gasteiger partial charge in [-0.05, 0) is 13.8 Å². The number of carboxylic acid groups (broad SMARTS) is 1. The van der Waals surface area contributed by atoms with Gasteiger partial charge in [-0.15, -0.1) is 10.2 Å². The number of nitrogens with zero attached hydrogens (tertiary/aromatic N) is 2. The molecule has 15 heavy (non-hydrogen) atoms. The third-order valence-electron chi connectivity index (χ3n) is 1.80. The summed E-state index contributed by atoms with van der Waals surface area (Å²) in [6.45, 7) is 2.82. The first-order valence-electron chi connectivity index (χ1n) is 4.00. The molecule has 0 saturated heterocycles. The average Bonchev–Trinajstić information content (AvgIpc) is 2.67. The second-order valence-electron chi connectivity index (χ2n) is 2.75. The molecule has 0 aromatic carbocycles. The fourth-order valence-electron chi connectivity index (χ4n) is 0.749. The van der Waals surface area contributed by atoms with Gasteiger partial charge in [0.05, 0.1) is 0 Å². The Morgan fingerprint density at radius 3 is 2.53 bits per heavy atom. The number of carboxylic acids is 1. The van der Waals surface area contributed by atoms with Crippen LogP contribution >= 0.6 is 11.3 Å². The minimum Gasteiger partial charge on any atom is -0.478 e. The Morgan fingerprint density at radius 1 is 1.40 bits per heavy atom. The highest BCUT2D eigenvalue weighted by molar-refractivity contribution is 7.13. The number of rotatable bonds is 3. The zero-order valence-corrected chi connectivity index (χ0v) is 8.96. The molecule has 1 amide bonds. The molecule has 0 radical (unpaired) electrons. The van der Waals surface area contributed by atoms with Crippen molar-refractivity contribution in [2.45, 2.75) is 13.8 Å². The van der Waals surface area contributed by atoms with Crippen molar-refractivity contribution in [2.75, 3.05) is 5.32 Å². The van der Waals surface area contributed by atoms with E-state index in [2.05, 4.69) is 15.5 Å². The minimum atomic E-state index is -1.11. The molecule has 6 nitrogen and oxygen atoms in total. The summed E-state index contributed by atoms with van der Waals surface area (Å²) < 4.78 is 0. The quantitative estimate of drug-likeness (QED) is 0.748. The van der Waals surface area contributed by atoms with Crippen LogP contribution in [0.2, 0.25) is 0 Å². The smallest absolute Gasteiger partial charge is 0.331 e. The van der Waals surface area contributed by atoms with Crippen molar-refractivity contribution in [2.24, 2.45) is 0 Å². The molecule has 0 atom stereocenters. The average molecular weight is 227 g/mol. The highest BCUT2D eigenvalue weighted by atomic mass is 32.1. The van der Waals surface area contributed by atoms with Crippen molar-refractivity contribution in [1.82, 2.24) is 10.2 Å². The van der Waals surface area contributed by atoms with Gasteiger partial charge in [-0.2, -0.15) is 0 Å². The van der Waals surface area contributed by atoms with Gasteiger partial charge in [-0.3, -0.25) is 10.1 Å². The Morgan fingerprint density at radius 2 is 2.07 bits per heavy atom. The first kappa shape index (κ1) is 11.3. The van der Waals surface area contributed by atoms with Gasteiger partial charge < -0.3 is 5.11 Å². The van der Waals surface area contributed by atoms with Crippen LogP contribution in [0.4, 0.5) is 5.13 Å². The van der Waals surface area contributed by atoms with Crippen LogP contribution in [0.25, 0.3) is 0 Å².